The fraction of sp³-hybridized carbons (Fsp3) is 0.222. The molecule has 1 rings (SSSR count). The second-order valence-electron chi connectivity index (χ2n) is 2.36. The molecule has 0 atom stereocenters. The Morgan fingerprint density at radius 2 is 2.42 bits per heavy atom. The third kappa shape index (κ3) is 2.62. The number of carbonyl (C=O) groups is 1. The van der Waals surface area contributed by atoms with Gasteiger partial charge in [0.15, 0.2) is 0 Å². The number of methoxy groups -OCH3 is 1. The third-order valence-corrected chi connectivity index (χ3v) is 1.46. The van der Waals surface area contributed by atoms with Crippen LogP contribution in [0.4, 0.5) is 0 Å². The Balaban J connectivity index is 2.52. The molecule has 12 heavy (non-hydrogen) atoms. The molecule has 0 bridgehead atoms. The van der Waals surface area contributed by atoms with E-state index in [9.17, 15) is 4.79 Å². The van der Waals surface area contributed by atoms with Crippen LogP contribution < -0.4 is 5.32 Å². The van der Waals surface area contributed by atoms with Gasteiger partial charge in [0.2, 0.25) is 0 Å². The number of esters is 1. The van der Waals surface area contributed by atoms with Gasteiger partial charge in [0.05, 0.1) is 13.5 Å². The first-order chi connectivity index (χ1) is 5.83. The van der Waals surface area contributed by atoms with Gasteiger partial charge in [0, 0.05) is 12.4 Å². The van der Waals surface area contributed by atoms with E-state index in [1.54, 1.807) is 12.4 Å². The quantitative estimate of drug-likeness (QED) is 0.623. The first-order valence-electron chi connectivity index (χ1n) is 3.68. The van der Waals surface area contributed by atoms with Gasteiger partial charge in [-0.25, -0.2) is 0 Å². The highest BCUT2D eigenvalue weighted by molar-refractivity contribution is 5.73. The maximum Gasteiger partial charge on any atom is 0.310 e. The Bertz CT molecular complexity index is 251. The number of hydrogen-bond acceptors (Lipinski definition) is 3. The summed E-state index contributed by atoms with van der Waals surface area (Å²) in [6.07, 6.45) is 9.47. The minimum Gasteiger partial charge on any atom is -0.469 e. The van der Waals surface area contributed by atoms with Crippen molar-refractivity contribution in [1.29, 1.82) is 0 Å². The Labute approximate surface area is 71.4 Å². The van der Waals surface area contributed by atoms with Crippen LogP contribution in [0.15, 0.2) is 36.2 Å². The van der Waals surface area contributed by atoms with Crippen LogP contribution in [0.1, 0.15) is 6.42 Å². The van der Waals surface area contributed by atoms with E-state index < -0.39 is 0 Å². The molecule has 0 saturated carbocycles. The van der Waals surface area contributed by atoms with Gasteiger partial charge in [-0.3, -0.25) is 4.79 Å². The van der Waals surface area contributed by atoms with Crippen molar-refractivity contribution >= 4 is 5.97 Å². The molecule has 0 aromatic carbocycles. The average Bonchev–Trinajstić information content (AvgIpc) is 2.33. The molecule has 0 amide bonds. The van der Waals surface area contributed by atoms with Crippen LogP contribution >= 0.6 is 0 Å². The van der Waals surface area contributed by atoms with Crippen molar-refractivity contribution in [1.82, 2.24) is 5.32 Å². The summed E-state index contributed by atoms with van der Waals surface area (Å²) < 4.78 is 4.53. The Hall–Kier alpha value is -1.51. The zero-order chi connectivity index (χ0) is 8.81. The lowest BCUT2D eigenvalue weighted by atomic mass is 10.2. The van der Waals surface area contributed by atoms with Crippen molar-refractivity contribution in [3.8, 4) is 0 Å². The van der Waals surface area contributed by atoms with E-state index in [1.165, 1.54) is 7.11 Å². The number of carbonyl (C=O) groups excluding carboxylic acids is 1. The topological polar surface area (TPSA) is 38.3 Å². The van der Waals surface area contributed by atoms with Gasteiger partial charge in [-0.2, -0.15) is 0 Å². The fourth-order valence-corrected chi connectivity index (χ4v) is 0.842. The molecule has 0 aliphatic carbocycles. The molecular formula is C9H11NO2. The monoisotopic (exact) mass is 165 g/mol. The summed E-state index contributed by atoms with van der Waals surface area (Å²) in [4.78, 5) is 10.8. The number of rotatable bonds is 2. The third-order valence-electron chi connectivity index (χ3n) is 1.46. The highest BCUT2D eigenvalue weighted by Crippen LogP contribution is 2.05. The molecule has 0 fully saturated rings. The first-order valence-corrected chi connectivity index (χ1v) is 3.68. The maximum atomic E-state index is 10.8. The molecule has 0 radical (unpaired) electrons. The van der Waals surface area contributed by atoms with Crippen molar-refractivity contribution < 1.29 is 9.53 Å². The van der Waals surface area contributed by atoms with Crippen LogP contribution in [0.25, 0.3) is 0 Å². The van der Waals surface area contributed by atoms with Crippen molar-refractivity contribution in [3.05, 3.63) is 36.2 Å². The van der Waals surface area contributed by atoms with Crippen LogP contribution in [0.2, 0.25) is 0 Å². The van der Waals surface area contributed by atoms with Gasteiger partial charge in [0.1, 0.15) is 0 Å². The second kappa shape index (κ2) is 4.38. The summed E-state index contributed by atoms with van der Waals surface area (Å²) in [6.45, 7) is 0. The Kier molecular flexibility index (Phi) is 3.14. The summed E-state index contributed by atoms with van der Waals surface area (Å²) in [5, 5.41) is 2.91. The molecule has 1 N–H and O–H groups in total. The number of nitrogens with one attached hydrogen (secondary N) is 1. The van der Waals surface area contributed by atoms with Crippen molar-refractivity contribution in [2.75, 3.05) is 7.11 Å². The SMILES string of the molecule is COC(=O)CC1=CNC=CC=C1. The van der Waals surface area contributed by atoms with Gasteiger partial charge >= 0.3 is 5.97 Å². The molecule has 64 valence electrons. The van der Waals surface area contributed by atoms with Crippen LogP contribution in [-0.4, -0.2) is 13.1 Å². The van der Waals surface area contributed by atoms with Gasteiger partial charge in [-0.1, -0.05) is 12.2 Å². The van der Waals surface area contributed by atoms with Crippen LogP contribution in [0, 0.1) is 0 Å². The largest absolute Gasteiger partial charge is 0.469 e. The van der Waals surface area contributed by atoms with E-state index >= 15 is 0 Å². The van der Waals surface area contributed by atoms with E-state index in [2.05, 4.69) is 10.1 Å². The normalized spacial score (nSPS) is 14.6. The Morgan fingerprint density at radius 1 is 1.58 bits per heavy atom. The summed E-state index contributed by atoms with van der Waals surface area (Å²) in [7, 11) is 1.38. The molecule has 0 aromatic heterocycles. The van der Waals surface area contributed by atoms with Gasteiger partial charge < -0.3 is 10.1 Å². The molecule has 3 nitrogen and oxygen atoms in total. The fourth-order valence-electron chi connectivity index (χ4n) is 0.842. The minimum absolute atomic E-state index is 0.227. The lowest BCUT2D eigenvalue weighted by Crippen LogP contribution is -2.02. The van der Waals surface area contributed by atoms with E-state index in [-0.39, 0.29) is 5.97 Å². The number of ether oxygens (including phenoxy) is 1. The summed E-state index contributed by atoms with van der Waals surface area (Å²) in [5.74, 6) is -0.227. The molecule has 0 unspecified atom stereocenters. The van der Waals surface area contributed by atoms with E-state index in [4.69, 9.17) is 0 Å². The minimum atomic E-state index is -0.227. The molecule has 0 saturated heterocycles. The van der Waals surface area contributed by atoms with Gasteiger partial charge in [-0.05, 0) is 11.6 Å². The molecule has 1 aliphatic heterocycles. The average molecular weight is 165 g/mol. The summed E-state index contributed by atoms with van der Waals surface area (Å²) in [6, 6.07) is 0. The van der Waals surface area contributed by atoms with Crippen LogP contribution in [0.3, 0.4) is 0 Å². The number of allylic oxidation sites excluding steroid dienone is 3. The van der Waals surface area contributed by atoms with Crippen molar-refractivity contribution in [2.45, 2.75) is 6.42 Å². The molecular weight excluding hydrogens is 154 g/mol. The van der Waals surface area contributed by atoms with Gasteiger partial charge in [0.25, 0.3) is 0 Å². The van der Waals surface area contributed by atoms with Crippen molar-refractivity contribution in [2.24, 2.45) is 0 Å². The van der Waals surface area contributed by atoms with E-state index in [1.807, 2.05) is 18.2 Å². The van der Waals surface area contributed by atoms with Crippen molar-refractivity contribution in [3.63, 3.8) is 0 Å². The molecule has 3 heteroatoms. The molecule has 0 spiro atoms. The molecule has 0 aromatic rings. The second-order valence-corrected chi connectivity index (χ2v) is 2.36. The zero-order valence-electron chi connectivity index (χ0n) is 6.91. The first kappa shape index (κ1) is 8.59. The van der Waals surface area contributed by atoms with Gasteiger partial charge in [-0.15, -0.1) is 0 Å². The maximum absolute atomic E-state index is 10.8. The predicted octanol–water partition coefficient (Wildman–Crippen LogP) is 1.11. The standard InChI is InChI=1S/C9H11NO2/c1-12-9(11)6-8-4-2-3-5-10-7-8/h2-5,7,10H,6H2,1H3. The molecule has 1 heterocycles. The predicted molar refractivity (Wildman–Crippen MR) is 46.1 cm³/mol. The Morgan fingerprint density at radius 3 is 3.17 bits per heavy atom. The highest BCUT2D eigenvalue weighted by Gasteiger charge is 2.02. The lowest BCUT2D eigenvalue weighted by Gasteiger charge is -1.99. The lowest BCUT2D eigenvalue weighted by molar-refractivity contribution is -0.139. The van der Waals surface area contributed by atoms with Crippen LogP contribution in [-0.2, 0) is 9.53 Å². The summed E-state index contributed by atoms with van der Waals surface area (Å²) >= 11 is 0. The molecule has 1 aliphatic rings. The number of hydrogen-bond donors (Lipinski definition) is 1. The zero-order valence-corrected chi connectivity index (χ0v) is 6.91. The van der Waals surface area contributed by atoms with E-state index in [0.717, 1.165) is 5.57 Å². The highest BCUT2D eigenvalue weighted by atomic mass is 16.5. The smallest absolute Gasteiger partial charge is 0.310 e. The van der Waals surface area contributed by atoms with E-state index in [0.29, 0.717) is 6.42 Å². The summed E-state index contributed by atoms with van der Waals surface area (Å²) in [5.41, 5.74) is 0.909. The van der Waals surface area contributed by atoms with Crippen LogP contribution in [0.5, 0.6) is 0 Å².